The molecule has 0 fully saturated rings. The number of benzene rings is 1. The monoisotopic (exact) mass is 289 g/mol. The summed E-state index contributed by atoms with van der Waals surface area (Å²) in [4.78, 5) is 23.3. The van der Waals surface area contributed by atoms with Gasteiger partial charge in [0.1, 0.15) is 5.71 Å². The first-order valence-corrected chi connectivity index (χ1v) is 6.64. The van der Waals surface area contributed by atoms with Crippen molar-refractivity contribution >= 4 is 17.5 Å². The van der Waals surface area contributed by atoms with Gasteiger partial charge in [-0.25, -0.2) is 5.01 Å². The summed E-state index contributed by atoms with van der Waals surface area (Å²) < 4.78 is 10.5. The lowest BCUT2D eigenvalue weighted by Crippen LogP contribution is -2.37. The van der Waals surface area contributed by atoms with Crippen LogP contribution < -0.4 is 14.8 Å². The van der Waals surface area contributed by atoms with Gasteiger partial charge in [-0.1, -0.05) is 6.07 Å². The van der Waals surface area contributed by atoms with Gasteiger partial charge in [-0.3, -0.25) is 9.59 Å². The van der Waals surface area contributed by atoms with Gasteiger partial charge < -0.3 is 14.8 Å². The van der Waals surface area contributed by atoms with Crippen LogP contribution in [-0.4, -0.2) is 36.4 Å². The van der Waals surface area contributed by atoms with Crippen molar-refractivity contribution in [3.05, 3.63) is 23.8 Å². The lowest BCUT2D eigenvalue weighted by Gasteiger charge is -2.18. The van der Waals surface area contributed by atoms with E-state index in [9.17, 15) is 9.59 Å². The Morgan fingerprint density at radius 3 is 2.95 bits per heavy atom. The average Bonchev–Trinajstić information content (AvgIpc) is 2.95. The molecule has 1 N–H and O–H groups in total. The van der Waals surface area contributed by atoms with E-state index in [4.69, 9.17) is 9.47 Å². The number of carbonyl (C=O) groups excluding carboxylic acids is 2. The van der Waals surface area contributed by atoms with E-state index < -0.39 is 0 Å². The summed E-state index contributed by atoms with van der Waals surface area (Å²) >= 11 is 0. The standard InChI is InChI=1S/C14H15N3O4/c1-17-13(18)5-3-10(16-17)14(19)15-7-9-2-4-11-12(6-9)21-8-20-11/h2,4,6H,3,5,7-8H2,1H3,(H,15,19). The molecule has 0 spiro atoms. The van der Waals surface area contributed by atoms with Crippen molar-refractivity contribution in [1.82, 2.24) is 10.3 Å². The Morgan fingerprint density at radius 1 is 1.33 bits per heavy atom. The summed E-state index contributed by atoms with van der Waals surface area (Å²) in [5.41, 5.74) is 1.28. The number of hydrazone groups is 1. The molecule has 0 radical (unpaired) electrons. The van der Waals surface area contributed by atoms with E-state index in [0.29, 0.717) is 36.6 Å². The van der Waals surface area contributed by atoms with Crippen LogP contribution in [0.25, 0.3) is 0 Å². The molecule has 0 aromatic heterocycles. The minimum Gasteiger partial charge on any atom is -0.454 e. The molecule has 0 atom stereocenters. The maximum absolute atomic E-state index is 12.0. The molecule has 21 heavy (non-hydrogen) atoms. The van der Waals surface area contributed by atoms with Crippen molar-refractivity contribution < 1.29 is 19.1 Å². The molecule has 7 nitrogen and oxygen atoms in total. The van der Waals surface area contributed by atoms with Crippen LogP contribution in [0.1, 0.15) is 18.4 Å². The number of hydrogen-bond acceptors (Lipinski definition) is 5. The van der Waals surface area contributed by atoms with Crippen LogP contribution in [0.4, 0.5) is 0 Å². The van der Waals surface area contributed by atoms with E-state index >= 15 is 0 Å². The van der Waals surface area contributed by atoms with Crippen molar-refractivity contribution in [3.8, 4) is 11.5 Å². The zero-order chi connectivity index (χ0) is 14.8. The smallest absolute Gasteiger partial charge is 0.267 e. The van der Waals surface area contributed by atoms with Gasteiger partial charge in [-0.05, 0) is 17.7 Å². The molecule has 2 aliphatic rings. The van der Waals surface area contributed by atoms with Crippen molar-refractivity contribution in [2.75, 3.05) is 13.8 Å². The Labute approximate surface area is 121 Å². The highest BCUT2D eigenvalue weighted by molar-refractivity contribution is 6.39. The summed E-state index contributed by atoms with van der Waals surface area (Å²) in [5.74, 6) is 1.05. The fourth-order valence-corrected chi connectivity index (χ4v) is 2.17. The Bertz CT molecular complexity index is 627. The second-order valence-electron chi connectivity index (χ2n) is 4.83. The maximum atomic E-state index is 12.0. The molecule has 2 aliphatic heterocycles. The Hall–Kier alpha value is -2.57. The normalized spacial score (nSPS) is 16.7. The van der Waals surface area contributed by atoms with Crippen molar-refractivity contribution in [1.29, 1.82) is 0 Å². The van der Waals surface area contributed by atoms with Gasteiger partial charge in [0, 0.05) is 26.4 Å². The largest absolute Gasteiger partial charge is 0.454 e. The number of ether oxygens (including phenoxy) is 2. The number of nitrogens with zero attached hydrogens (tertiary/aromatic N) is 2. The SMILES string of the molecule is CN1N=C(C(=O)NCc2ccc3c(c2)OCO3)CCC1=O. The van der Waals surface area contributed by atoms with Crippen LogP contribution in [-0.2, 0) is 16.1 Å². The van der Waals surface area contributed by atoms with Crippen LogP contribution in [0.5, 0.6) is 11.5 Å². The van der Waals surface area contributed by atoms with Gasteiger partial charge in [0.25, 0.3) is 5.91 Å². The van der Waals surface area contributed by atoms with E-state index in [1.165, 1.54) is 5.01 Å². The molecule has 1 aromatic rings. The number of fused-ring (bicyclic) bond motifs is 1. The van der Waals surface area contributed by atoms with Crippen molar-refractivity contribution in [3.63, 3.8) is 0 Å². The Morgan fingerprint density at radius 2 is 2.14 bits per heavy atom. The van der Waals surface area contributed by atoms with E-state index in [1.807, 2.05) is 18.2 Å². The van der Waals surface area contributed by atoms with Crippen LogP contribution in [0.2, 0.25) is 0 Å². The highest BCUT2D eigenvalue weighted by Gasteiger charge is 2.22. The summed E-state index contributed by atoms with van der Waals surface area (Å²) in [5, 5.41) is 7.98. The number of nitrogens with one attached hydrogen (secondary N) is 1. The van der Waals surface area contributed by atoms with Gasteiger partial charge in [0.2, 0.25) is 12.7 Å². The van der Waals surface area contributed by atoms with Crippen LogP contribution in [0.3, 0.4) is 0 Å². The molecule has 0 aliphatic carbocycles. The third-order valence-corrected chi connectivity index (χ3v) is 3.36. The number of hydrogen-bond donors (Lipinski definition) is 1. The van der Waals surface area contributed by atoms with Crippen LogP contribution in [0.15, 0.2) is 23.3 Å². The third-order valence-electron chi connectivity index (χ3n) is 3.36. The summed E-state index contributed by atoms with van der Waals surface area (Å²) in [6.45, 7) is 0.592. The first-order chi connectivity index (χ1) is 10.1. The molecule has 7 heteroatoms. The predicted octanol–water partition coefficient (Wildman–Crippen LogP) is 0.640. The second-order valence-corrected chi connectivity index (χ2v) is 4.83. The molecule has 0 unspecified atom stereocenters. The highest BCUT2D eigenvalue weighted by Crippen LogP contribution is 2.32. The first kappa shape index (κ1) is 13.4. The molecule has 3 rings (SSSR count). The molecule has 110 valence electrons. The first-order valence-electron chi connectivity index (χ1n) is 6.64. The van der Waals surface area contributed by atoms with Crippen molar-refractivity contribution in [2.24, 2.45) is 5.10 Å². The van der Waals surface area contributed by atoms with E-state index in [-0.39, 0.29) is 18.6 Å². The molecule has 2 amide bonds. The predicted molar refractivity (Wildman–Crippen MR) is 73.9 cm³/mol. The summed E-state index contributed by atoms with van der Waals surface area (Å²) in [7, 11) is 1.55. The summed E-state index contributed by atoms with van der Waals surface area (Å²) in [6.07, 6.45) is 0.683. The fourth-order valence-electron chi connectivity index (χ4n) is 2.17. The minimum atomic E-state index is -0.257. The zero-order valence-electron chi connectivity index (χ0n) is 11.6. The number of carbonyl (C=O) groups is 2. The second kappa shape index (κ2) is 5.43. The van der Waals surface area contributed by atoms with Crippen LogP contribution >= 0.6 is 0 Å². The van der Waals surface area contributed by atoms with E-state index in [1.54, 1.807) is 7.05 Å². The van der Waals surface area contributed by atoms with Crippen LogP contribution in [0, 0.1) is 0 Å². The molecular formula is C14H15N3O4. The molecular weight excluding hydrogens is 274 g/mol. The molecule has 0 saturated carbocycles. The van der Waals surface area contributed by atoms with E-state index in [2.05, 4.69) is 10.4 Å². The number of rotatable bonds is 3. The van der Waals surface area contributed by atoms with E-state index in [0.717, 1.165) is 5.56 Å². The molecule has 0 bridgehead atoms. The lowest BCUT2D eigenvalue weighted by molar-refractivity contribution is -0.130. The Kier molecular flexibility index (Phi) is 3.47. The van der Waals surface area contributed by atoms with Gasteiger partial charge in [0.15, 0.2) is 11.5 Å². The highest BCUT2D eigenvalue weighted by atomic mass is 16.7. The third kappa shape index (κ3) is 2.81. The zero-order valence-corrected chi connectivity index (χ0v) is 11.6. The molecule has 1 aromatic carbocycles. The topological polar surface area (TPSA) is 80.2 Å². The van der Waals surface area contributed by atoms with Gasteiger partial charge in [0.05, 0.1) is 0 Å². The number of amides is 2. The summed E-state index contributed by atoms with van der Waals surface area (Å²) in [6, 6.07) is 5.52. The quantitative estimate of drug-likeness (QED) is 0.885. The molecule has 0 saturated heterocycles. The van der Waals surface area contributed by atoms with Gasteiger partial charge >= 0.3 is 0 Å². The minimum absolute atomic E-state index is 0.0812. The Balaban J connectivity index is 1.61. The maximum Gasteiger partial charge on any atom is 0.267 e. The molecule has 2 heterocycles. The fraction of sp³-hybridized carbons (Fsp3) is 0.357. The van der Waals surface area contributed by atoms with Gasteiger partial charge in [-0.15, -0.1) is 0 Å². The lowest BCUT2D eigenvalue weighted by atomic mass is 10.1. The average molecular weight is 289 g/mol. The van der Waals surface area contributed by atoms with Gasteiger partial charge in [-0.2, -0.15) is 5.10 Å². The van der Waals surface area contributed by atoms with Crippen molar-refractivity contribution in [2.45, 2.75) is 19.4 Å².